The summed E-state index contributed by atoms with van der Waals surface area (Å²) in [6, 6.07) is 14.5. The number of anilines is 2. The van der Waals surface area contributed by atoms with Crippen LogP contribution in [0.15, 0.2) is 48.5 Å². The van der Waals surface area contributed by atoms with E-state index in [1.165, 1.54) is 37.4 Å². The maximum atomic E-state index is 14.7. The fraction of sp³-hybridized carbons (Fsp3) is 0.467. The van der Waals surface area contributed by atoms with E-state index in [9.17, 15) is 34.5 Å². The Kier molecular flexibility index (Phi) is 5.15. The zero-order chi connectivity index (χ0) is 32.8. The Morgan fingerprint density at radius 3 is 1.68 bits per heavy atom. The molecule has 10 aliphatic rings. The molecule has 4 amide bonds. The number of carbonyl (C=O) groups is 4. The van der Waals surface area contributed by atoms with Crippen molar-refractivity contribution in [3.8, 4) is 0 Å². The molecule has 47 heavy (non-hydrogen) atoms. The van der Waals surface area contributed by atoms with Crippen molar-refractivity contribution in [2.45, 2.75) is 61.8 Å². The fourth-order valence-corrected chi connectivity index (χ4v) is 17.1. The lowest BCUT2D eigenvalue weighted by atomic mass is 9.52. The summed E-state index contributed by atoms with van der Waals surface area (Å²) in [7, 11) is 7.44. The van der Waals surface area contributed by atoms with Gasteiger partial charge in [0.25, 0.3) is 23.6 Å². The summed E-state index contributed by atoms with van der Waals surface area (Å²) < 4.78 is 0. The van der Waals surface area contributed by atoms with Gasteiger partial charge in [-0.05, 0) is 62.6 Å². The van der Waals surface area contributed by atoms with Crippen LogP contribution in [0.25, 0.3) is 0 Å². The Bertz CT molecular complexity index is 1920. The molecule has 0 aliphatic carbocycles. The third-order valence-electron chi connectivity index (χ3n) is 12.1. The predicted octanol–water partition coefficient (Wildman–Crippen LogP) is 0.303. The Morgan fingerprint density at radius 2 is 1.15 bits per heavy atom. The predicted molar refractivity (Wildman–Crippen MR) is 176 cm³/mol. The van der Waals surface area contributed by atoms with Gasteiger partial charge in [0.1, 0.15) is 24.5 Å². The van der Waals surface area contributed by atoms with E-state index in [0.717, 1.165) is 32.4 Å². The van der Waals surface area contributed by atoms with Gasteiger partial charge in [-0.15, -0.1) is 0 Å². The van der Waals surface area contributed by atoms with Crippen LogP contribution >= 0.6 is 43.2 Å². The number of para-hydroxylation sites is 2. The van der Waals surface area contributed by atoms with Gasteiger partial charge in [0.15, 0.2) is 4.87 Å². The summed E-state index contributed by atoms with van der Waals surface area (Å²) in [6.07, 6.45) is -5.50. The zero-order valence-corrected chi connectivity index (χ0v) is 28.3. The molecule has 0 radical (unpaired) electrons. The van der Waals surface area contributed by atoms with Gasteiger partial charge in [0.05, 0.1) is 17.4 Å². The average Bonchev–Trinajstić information content (AvgIpc) is 3.72. The van der Waals surface area contributed by atoms with Crippen LogP contribution in [0.1, 0.15) is 18.1 Å². The Morgan fingerprint density at radius 1 is 0.681 bits per heavy atom. The molecule has 17 heteroatoms. The first kappa shape index (κ1) is 29.1. The van der Waals surface area contributed by atoms with Gasteiger partial charge in [-0.2, -0.15) is 0 Å². The molecule has 8 saturated heterocycles. The molecule has 13 nitrogen and oxygen atoms in total. The van der Waals surface area contributed by atoms with Crippen molar-refractivity contribution in [2.75, 3.05) is 31.3 Å². The molecule has 10 atom stereocenters. The van der Waals surface area contributed by atoms with Crippen molar-refractivity contribution >= 4 is 78.2 Å². The lowest BCUT2D eigenvalue weighted by Crippen LogP contribution is -2.79. The average molecular weight is 713 g/mol. The molecule has 10 aliphatic heterocycles. The normalized spacial score (nSPS) is 46.3. The number of benzene rings is 2. The molecule has 2 spiro atoms. The second-order valence-corrected chi connectivity index (χ2v) is 18.8. The number of aliphatic hydroxyl groups is 3. The van der Waals surface area contributed by atoms with Crippen LogP contribution in [0.2, 0.25) is 0 Å². The molecule has 4 bridgehead atoms. The van der Waals surface area contributed by atoms with Crippen LogP contribution in [0.3, 0.4) is 0 Å². The van der Waals surface area contributed by atoms with Crippen LogP contribution in [0.5, 0.6) is 0 Å². The van der Waals surface area contributed by atoms with Crippen LogP contribution < -0.4 is 10.6 Å². The molecular weight excluding hydrogens is 685 g/mol. The number of nitrogens with one attached hydrogen (secondary N) is 2. The van der Waals surface area contributed by atoms with E-state index in [2.05, 4.69) is 10.6 Å². The number of aliphatic hydroxyl groups excluding tert-OH is 3. The van der Waals surface area contributed by atoms with Crippen molar-refractivity contribution < 1.29 is 34.5 Å². The lowest BCUT2D eigenvalue weighted by molar-refractivity contribution is -0.169. The van der Waals surface area contributed by atoms with Crippen LogP contribution in [-0.2, 0) is 30.0 Å². The van der Waals surface area contributed by atoms with Crippen molar-refractivity contribution in [1.82, 2.24) is 19.6 Å². The molecule has 244 valence electrons. The number of hydrogen-bond acceptors (Lipinski definition) is 13. The van der Waals surface area contributed by atoms with Crippen molar-refractivity contribution in [1.29, 1.82) is 0 Å². The van der Waals surface area contributed by atoms with Crippen molar-refractivity contribution in [3.05, 3.63) is 59.7 Å². The summed E-state index contributed by atoms with van der Waals surface area (Å²) in [5, 5.41) is 44.2. The summed E-state index contributed by atoms with van der Waals surface area (Å²) in [6.45, 7) is 1.04. The summed E-state index contributed by atoms with van der Waals surface area (Å²) in [4.78, 5) is 57.4. The number of piperazine rings is 2. The fourth-order valence-electron chi connectivity index (χ4n) is 9.92. The van der Waals surface area contributed by atoms with E-state index < -0.39 is 79.2 Å². The molecular formula is C30H28N6O7S4. The smallest absolute Gasteiger partial charge is 0.265 e. The number of rotatable bonds is 2. The first-order valence-electron chi connectivity index (χ1n) is 15.1. The van der Waals surface area contributed by atoms with E-state index in [4.69, 9.17) is 0 Å². The van der Waals surface area contributed by atoms with Gasteiger partial charge in [-0.3, -0.25) is 29.0 Å². The van der Waals surface area contributed by atoms with Gasteiger partial charge in [0.2, 0.25) is 14.6 Å². The van der Waals surface area contributed by atoms with Crippen LogP contribution in [-0.4, -0.2) is 123 Å². The highest BCUT2D eigenvalue weighted by molar-refractivity contribution is 8.78. The van der Waals surface area contributed by atoms with Gasteiger partial charge in [-0.25, -0.2) is 0 Å². The van der Waals surface area contributed by atoms with E-state index in [0.29, 0.717) is 22.5 Å². The largest absolute Gasteiger partial charge is 0.392 e. The first-order valence-corrected chi connectivity index (χ1v) is 19.4. The minimum Gasteiger partial charge on any atom is -0.392 e. The topological polar surface area (TPSA) is 166 Å². The zero-order valence-electron chi connectivity index (χ0n) is 25.0. The standard InChI is InChI=1S/C30H28N6O7S4/c1-25-21(40)35-19-27(13-8-4-6-10-15(13)31-19,17(38)29(35,46-44-25)23(42)33(25)2)28-14-9-5-7-11-16(14)32-20(28)36-22(41)26(12-37)34(3)24(43)30(36,18(28)39)47-45-26/h4-11,17-20,31-32,37-39H,12H2,1-3H3/t17-,18-,19+,20+,25+,26+,27?,28?,29-,30-/m0/s1. The number of likely N-dealkylation sites (N-methyl/N-ethyl adjacent to an activating group) is 2. The second kappa shape index (κ2) is 8.31. The van der Waals surface area contributed by atoms with E-state index in [1.54, 1.807) is 26.1 Å². The van der Waals surface area contributed by atoms with E-state index in [-0.39, 0.29) is 5.91 Å². The lowest BCUT2D eigenvalue weighted by Gasteiger charge is -2.58. The monoisotopic (exact) mass is 712 g/mol. The summed E-state index contributed by atoms with van der Waals surface area (Å²) in [5.41, 5.74) is -1.12. The van der Waals surface area contributed by atoms with Crippen LogP contribution in [0, 0.1) is 0 Å². The quantitative estimate of drug-likeness (QED) is 0.271. The molecule has 2 aromatic carbocycles. The Hall–Kier alpha value is -2.80. The Labute approximate surface area is 283 Å². The van der Waals surface area contributed by atoms with Gasteiger partial charge in [0, 0.05) is 25.5 Å². The summed E-state index contributed by atoms with van der Waals surface area (Å²) in [5.74, 6) is -1.94. The van der Waals surface area contributed by atoms with E-state index >= 15 is 0 Å². The molecule has 0 saturated carbocycles. The maximum Gasteiger partial charge on any atom is 0.265 e. The minimum atomic E-state index is -1.87. The molecule has 10 heterocycles. The number of nitrogens with zero attached hydrogens (tertiary/aromatic N) is 4. The first-order chi connectivity index (χ1) is 22.4. The number of fused-ring (bicyclic) bond motifs is 11. The van der Waals surface area contributed by atoms with Gasteiger partial charge in [-0.1, -0.05) is 47.2 Å². The SMILES string of the molecule is CN1C(=O)[C@]23SS[C@]1(C)C(=O)N2[C@H]1Nc2ccccc2C1(C12c4ccccc4N[C@@H]1N1C(=O)[C@@]4(CO)SS[C@]1(C(=O)N4C)[C@H]2O)[C@@H]3O. The molecule has 8 fully saturated rings. The van der Waals surface area contributed by atoms with Crippen LogP contribution in [0.4, 0.5) is 11.4 Å². The highest BCUT2D eigenvalue weighted by Gasteiger charge is 2.93. The molecule has 12 rings (SSSR count). The Balaban J connectivity index is 1.35. The van der Waals surface area contributed by atoms with Gasteiger partial charge < -0.3 is 35.8 Å². The highest BCUT2D eigenvalue weighted by Crippen LogP contribution is 2.78. The summed E-state index contributed by atoms with van der Waals surface area (Å²) >= 11 is 0. The third-order valence-corrected chi connectivity index (χ3v) is 19.5. The maximum absolute atomic E-state index is 14.7. The second-order valence-electron chi connectivity index (χ2n) is 13.5. The number of amides is 4. The number of carbonyl (C=O) groups excluding carboxylic acids is 4. The molecule has 2 unspecified atom stereocenters. The van der Waals surface area contributed by atoms with Gasteiger partial charge >= 0.3 is 0 Å². The van der Waals surface area contributed by atoms with E-state index in [1.807, 2.05) is 36.4 Å². The van der Waals surface area contributed by atoms with Crippen molar-refractivity contribution in [3.63, 3.8) is 0 Å². The third kappa shape index (κ3) is 2.44. The number of hydrogen-bond donors (Lipinski definition) is 5. The highest BCUT2D eigenvalue weighted by atomic mass is 33.1. The minimum absolute atomic E-state index is 0.373. The molecule has 2 aromatic rings. The van der Waals surface area contributed by atoms with Crippen molar-refractivity contribution in [2.24, 2.45) is 0 Å². The molecule has 0 aromatic heterocycles. The molecule has 5 N–H and O–H groups in total.